The lowest BCUT2D eigenvalue weighted by molar-refractivity contribution is 0.00578. The number of benzene rings is 18. The fourth-order valence-electron chi connectivity index (χ4n) is 21.9. The quantitative estimate of drug-likeness (QED) is 0.0843. The maximum Gasteiger partial charge on any atom is 0.494 e. The maximum absolute atomic E-state index is 6.47. The van der Waals surface area contributed by atoms with Gasteiger partial charge in [-0.3, -0.25) is 0 Å². The average Bonchev–Trinajstić information content (AvgIpc) is 1.50. The van der Waals surface area contributed by atoms with Gasteiger partial charge in [0, 0.05) is 70.9 Å². The van der Waals surface area contributed by atoms with Gasteiger partial charge in [0.1, 0.15) is 0 Å². The van der Waals surface area contributed by atoms with Crippen molar-refractivity contribution in [1.82, 2.24) is 29.9 Å². The largest absolute Gasteiger partial charge is 0.494 e. The second-order valence-corrected chi connectivity index (χ2v) is 36.7. The molecule has 0 amide bonds. The molecular formula is C122H82BBrN6O2. The first-order valence-corrected chi connectivity index (χ1v) is 46.0. The molecule has 8 nitrogen and oxygen atoms in total. The second-order valence-electron chi connectivity index (χ2n) is 36.0. The summed E-state index contributed by atoms with van der Waals surface area (Å²) in [7, 11) is -0.444. The Hall–Kier alpha value is -15.6. The molecule has 0 atom stereocenters. The molecule has 10 heteroatoms. The van der Waals surface area contributed by atoms with Gasteiger partial charge in [0.2, 0.25) is 0 Å². The molecular weight excluding hydrogens is 1670 g/mol. The van der Waals surface area contributed by atoms with Crippen LogP contribution in [-0.2, 0) is 20.1 Å². The molecule has 1 aliphatic heterocycles. The van der Waals surface area contributed by atoms with E-state index in [9.17, 15) is 0 Å². The van der Waals surface area contributed by atoms with E-state index in [4.69, 9.17) is 29.2 Å². The lowest BCUT2D eigenvalue weighted by atomic mass is 9.70. The number of aromatic nitrogens is 6. The van der Waals surface area contributed by atoms with Crippen molar-refractivity contribution in [2.24, 2.45) is 0 Å². The normalized spacial score (nSPS) is 14.3. The molecule has 5 heterocycles. The highest BCUT2D eigenvalue weighted by atomic mass is 79.9. The highest BCUT2D eigenvalue weighted by molar-refractivity contribution is 9.10. The minimum absolute atomic E-state index is 0.394. The van der Waals surface area contributed by atoms with E-state index >= 15 is 0 Å². The van der Waals surface area contributed by atoms with Gasteiger partial charge in [-0.15, -0.1) is 0 Å². The zero-order valence-electron chi connectivity index (χ0n) is 72.9. The summed E-state index contributed by atoms with van der Waals surface area (Å²) in [6.07, 6.45) is 0. The van der Waals surface area contributed by atoms with E-state index in [2.05, 4.69) is 448 Å². The molecule has 4 aromatic heterocycles. The summed E-state index contributed by atoms with van der Waals surface area (Å²) < 4.78 is 13.5. The number of halogens is 1. The summed E-state index contributed by atoms with van der Waals surface area (Å²) in [5, 5.41) is 9.16. The van der Waals surface area contributed by atoms with E-state index < -0.39 is 29.2 Å². The molecule has 4 aliphatic carbocycles. The number of nitrogens with zero attached hydrogens (tertiary/aromatic N) is 6. The summed E-state index contributed by atoms with van der Waals surface area (Å²) in [6, 6.07) is 152. The molecule has 22 aromatic rings. The van der Waals surface area contributed by atoms with Crippen LogP contribution in [0, 0.1) is 0 Å². The number of para-hydroxylation sites is 4. The fourth-order valence-corrected chi connectivity index (χ4v) is 22.3. The van der Waals surface area contributed by atoms with Gasteiger partial charge in [0.05, 0.1) is 66.9 Å². The standard InChI is InChI=1S/C58H35N3.C44H34BNO2.C20H13BrN2/c1-2-15-36(16-3-1)37-29-31-38(32-30-37)55-45-23-8-13-28-52(45)60-57(61-55)40-18-14-17-39(35-40)56-46-33-34-50-54(53(46)44-22-7-12-27-51(44)59-56)43-21-6-11-26-49(43)58(50)47-24-9-4-19-41(47)42-20-5-10-25-48(42)58;1-42(2)43(3,4)48-45(47-42)28-15-13-14-27(26-28)41-33-24-25-37-40(39(33)32-19-8-12-23-38(32)46-41)31-18-7-11-22-36(31)44(37)34-20-9-5-16-29(34)30-17-6-10-21-35(30)44;21-20-22-18-9-5-4-8-17(18)19(23-20)16-12-10-15(11-13-16)14-6-2-1-3-7-14/h1-35H;5-26H,1-4H3;1-13H. The van der Waals surface area contributed by atoms with Crippen molar-refractivity contribution in [2.45, 2.75) is 49.7 Å². The first-order chi connectivity index (χ1) is 64.9. The van der Waals surface area contributed by atoms with Crippen molar-refractivity contribution in [2.75, 3.05) is 0 Å². The Morgan fingerprint density at radius 3 is 0.970 bits per heavy atom. The smallest absolute Gasteiger partial charge is 0.399 e. The van der Waals surface area contributed by atoms with E-state index in [1.165, 1.54) is 127 Å². The van der Waals surface area contributed by atoms with Crippen LogP contribution in [0.3, 0.4) is 0 Å². The monoisotopic (exact) mass is 1750 g/mol. The van der Waals surface area contributed by atoms with Crippen LogP contribution in [0.1, 0.15) is 72.2 Å². The van der Waals surface area contributed by atoms with Gasteiger partial charge in [-0.05, 0) is 191 Å². The van der Waals surface area contributed by atoms with E-state index in [-0.39, 0.29) is 0 Å². The van der Waals surface area contributed by atoms with Gasteiger partial charge >= 0.3 is 7.12 Å². The lowest BCUT2D eigenvalue weighted by Crippen LogP contribution is -2.41. The topological polar surface area (TPSA) is 95.8 Å². The Labute approximate surface area is 774 Å². The lowest BCUT2D eigenvalue weighted by Gasteiger charge is -2.32. The Kier molecular flexibility index (Phi) is 18.4. The van der Waals surface area contributed by atoms with Crippen molar-refractivity contribution in [3.8, 4) is 123 Å². The molecule has 2 spiro atoms. The minimum atomic E-state index is -0.444. The van der Waals surface area contributed by atoms with E-state index in [0.29, 0.717) is 10.6 Å². The van der Waals surface area contributed by atoms with Crippen LogP contribution in [-0.4, -0.2) is 48.2 Å². The Bertz CT molecular complexity index is 8400. The molecule has 0 bridgehead atoms. The number of pyridine rings is 2. The first kappa shape index (κ1) is 78.7. The van der Waals surface area contributed by atoms with Gasteiger partial charge in [-0.1, -0.05) is 394 Å². The third-order valence-electron chi connectivity index (χ3n) is 28.4. The summed E-state index contributed by atoms with van der Waals surface area (Å²) in [4.78, 5) is 30.3. The molecule has 27 rings (SSSR count). The zero-order chi connectivity index (χ0) is 88.1. The molecule has 0 saturated carbocycles. The van der Waals surface area contributed by atoms with Crippen LogP contribution >= 0.6 is 15.9 Å². The predicted octanol–water partition coefficient (Wildman–Crippen LogP) is 29.8. The molecule has 0 N–H and O–H groups in total. The Balaban J connectivity index is 0.000000117. The number of hydrogen-bond donors (Lipinski definition) is 0. The van der Waals surface area contributed by atoms with Crippen molar-refractivity contribution < 1.29 is 9.31 Å². The van der Waals surface area contributed by atoms with Crippen molar-refractivity contribution in [3.63, 3.8) is 0 Å². The molecule has 622 valence electrons. The van der Waals surface area contributed by atoms with Crippen molar-refractivity contribution >= 4 is 93.7 Å². The molecule has 1 fully saturated rings. The Morgan fingerprint density at radius 2 is 0.530 bits per heavy atom. The average molecular weight is 1750 g/mol. The third kappa shape index (κ3) is 12.2. The van der Waals surface area contributed by atoms with Gasteiger partial charge in [0.25, 0.3) is 0 Å². The summed E-state index contributed by atoms with van der Waals surface area (Å²) >= 11 is 3.41. The number of hydrogen-bond acceptors (Lipinski definition) is 8. The van der Waals surface area contributed by atoms with Gasteiger partial charge in [0.15, 0.2) is 10.6 Å². The zero-order valence-corrected chi connectivity index (χ0v) is 74.5. The van der Waals surface area contributed by atoms with Crippen LogP contribution in [0.25, 0.3) is 188 Å². The van der Waals surface area contributed by atoms with Crippen molar-refractivity contribution in [3.05, 3.63) is 474 Å². The van der Waals surface area contributed by atoms with Crippen LogP contribution < -0.4 is 5.46 Å². The minimum Gasteiger partial charge on any atom is -0.399 e. The summed E-state index contributed by atoms with van der Waals surface area (Å²) in [5.41, 5.74) is 38.0. The SMILES string of the molecule is Brc1nc(-c2ccc(-c3ccccc3)cc2)c2ccccc2n1.CC1(C)OB(c2cccc(-c3nc4ccccc4c4c5c(ccc34)C3(c4ccccc4-c4ccccc43)c3ccccc3-5)c2)OC1(C)C.c1ccc(-c2ccc(-c3nc(-c4cccc(-c5nc6ccccc6c6c7c(ccc56)C5(c6ccccc6-c6ccccc65)c5ccccc5-7)c4)nc4ccccc34)cc2)cc1. The molecule has 132 heavy (non-hydrogen) atoms. The highest BCUT2D eigenvalue weighted by Crippen LogP contribution is 2.67. The van der Waals surface area contributed by atoms with E-state index in [1.807, 2.05) is 30.3 Å². The summed E-state index contributed by atoms with van der Waals surface area (Å²) in [5.74, 6) is 0.683. The fraction of sp³-hybridized carbons (Fsp3) is 0.0656. The van der Waals surface area contributed by atoms with Crippen molar-refractivity contribution in [1.29, 1.82) is 0 Å². The first-order valence-electron chi connectivity index (χ1n) is 45.2. The van der Waals surface area contributed by atoms with Gasteiger partial charge in [-0.2, -0.15) is 0 Å². The van der Waals surface area contributed by atoms with E-state index in [0.717, 1.165) is 105 Å². The number of rotatable bonds is 8. The predicted molar refractivity (Wildman–Crippen MR) is 545 cm³/mol. The molecule has 1 saturated heterocycles. The second kappa shape index (κ2) is 30.8. The van der Waals surface area contributed by atoms with Gasteiger partial charge < -0.3 is 9.31 Å². The molecule has 5 aliphatic rings. The van der Waals surface area contributed by atoms with Crippen LogP contribution in [0.2, 0.25) is 0 Å². The number of fused-ring (bicyclic) bond motifs is 30. The third-order valence-corrected chi connectivity index (χ3v) is 28.8. The van der Waals surface area contributed by atoms with Crippen LogP contribution in [0.15, 0.2) is 429 Å². The molecule has 18 aromatic carbocycles. The van der Waals surface area contributed by atoms with Crippen LogP contribution in [0.5, 0.6) is 0 Å². The highest BCUT2D eigenvalue weighted by Gasteiger charge is 2.55. The summed E-state index contributed by atoms with van der Waals surface area (Å²) in [6.45, 7) is 8.40. The maximum atomic E-state index is 6.47. The van der Waals surface area contributed by atoms with E-state index in [1.54, 1.807) is 0 Å². The Morgan fingerprint density at radius 1 is 0.220 bits per heavy atom. The molecule has 0 unspecified atom stereocenters. The van der Waals surface area contributed by atoms with Crippen LogP contribution in [0.4, 0.5) is 0 Å². The molecule has 0 radical (unpaired) electrons. The van der Waals surface area contributed by atoms with Gasteiger partial charge in [-0.25, -0.2) is 29.9 Å².